The highest BCUT2D eigenvalue weighted by molar-refractivity contribution is 14.2. The zero-order valence-electron chi connectivity index (χ0n) is 16.5. The quantitative estimate of drug-likeness (QED) is 0.0841. The van der Waals surface area contributed by atoms with Gasteiger partial charge in [0.2, 0.25) is 0 Å². The van der Waals surface area contributed by atoms with E-state index in [1.165, 1.54) is 6.21 Å². The SMILES string of the molecule is CCOC(C)(C)C(O)c1cnc(Nc2cccc(/C(=N/N)NPI)c2)c(C=N)c1. The van der Waals surface area contributed by atoms with Gasteiger partial charge in [0.1, 0.15) is 11.9 Å². The van der Waals surface area contributed by atoms with Gasteiger partial charge in [0, 0.05) is 47.8 Å². The molecule has 1 aromatic carbocycles. The van der Waals surface area contributed by atoms with E-state index in [1.54, 1.807) is 12.3 Å². The van der Waals surface area contributed by atoms with Crippen LogP contribution in [0.2, 0.25) is 0 Å². The minimum Gasteiger partial charge on any atom is -0.385 e. The second kappa shape index (κ2) is 10.8. The number of rotatable bonds is 9. The third kappa shape index (κ3) is 6.08. The van der Waals surface area contributed by atoms with E-state index in [4.69, 9.17) is 16.0 Å². The summed E-state index contributed by atoms with van der Waals surface area (Å²) in [7, 11) is 0. The van der Waals surface area contributed by atoms with Crippen molar-refractivity contribution in [2.24, 2.45) is 10.9 Å². The second-order valence-electron chi connectivity index (χ2n) is 6.69. The highest BCUT2D eigenvalue weighted by Gasteiger charge is 2.30. The van der Waals surface area contributed by atoms with Gasteiger partial charge in [0.05, 0.1) is 5.60 Å². The largest absolute Gasteiger partial charge is 0.385 e. The molecule has 2 rings (SSSR count). The molecule has 2 atom stereocenters. The maximum atomic E-state index is 10.7. The molecular formula is C19H26IN6O2P. The number of benzene rings is 1. The summed E-state index contributed by atoms with van der Waals surface area (Å²) in [4.78, 5) is 4.42. The Kier molecular flexibility index (Phi) is 8.76. The molecule has 2 unspecified atom stereocenters. The number of aromatic nitrogens is 1. The molecule has 0 fully saturated rings. The molecule has 0 aliphatic rings. The second-order valence-corrected chi connectivity index (χ2v) is 8.75. The van der Waals surface area contributed by atoms with Crippen molar-refractivity contribution in [1.29, 1.82) is 5.41 Å². The van der Waals surface area contributed by atoms with Gasteiger partial charge >= 0.3 is 0 Å². The fourth-order valence-electron chi connectivity index (χ4n) is 2.82. The van der Waals surface area contributed by atoms with Gasteiger partial charge in [-0.25, -0.2) is 4.98 Å². The number of hydrogen-bond donors (Lipinski definition) is 5. The van der Waals surface area contributed by atoms with Crippen molar-refractivity contribution in [3.05, 3.63) is 53.2 Å². The molecular weight excluding hydrogens is 502 g/mol. The Bertz CT molecular complexity index is 878. The number of hydrogen-bond acceptors (Lipinski definition) is 7. The average molecular weight is 528 g/mol. The van der Waals surface area contributed by atoms with Crippen LogP contribution in [0.15, 0.2) is 41.6 Å². The summed E-state index contributed by atoms with van der Waals surface area (Å²) in [6.07, 6.45) is 2.37. The highest BCUT2D eigenvalue weighted by atomic mass is 127. The molecule has 6 N–H and O–H groups in total. The predicted molar refractivity (Wildman–Crippen MR) is 129 cm³/mol. The van der Waals surface area contributed by atoms with E-state index < -0.39 is 11.7 Å². The first-order valence-corrected chi connectivity index (χ1v) is 13.1. The smallest absolute Gasteiger partial charge is 0.156 e. The van der Waals surface area contributed by atoms with E-state index in [9.17, 15) is 5.11 Å². The zero-order valence-corrected chi connectivity index (χ0v) is 19.7. The number of aliphatic hydroxyl groups is 1. The molecule has 0 bridgehead atoms. The monoisotopic (exact) mass is 528 g/mol. The van der Waals surface area contributed by atoms with Crippen LogP contribution in [0, 0.1) is 5.41 Å². The van der Waals surface area contributed by atoms with E-state index in [-0.39, 0.29) is 0 Å². The summed E-state index contributed by atoms with van der Waals surface area (Å²) in [6.45, 7) is 6.02. The van der Waals surface area contributed by atoms with E-state index in [1.807, 2.05) is 45.0 Å². The topological polar surface area (TPSA) is 129 Å². The van der Waals surface area contributed by atoms with E-state index in [0.29, 0.717) is 35.8 Å². The Morgan fingerprint density at radius 3 is 2.86 bits per heavy atom. The van der Waals surface area contributed by atoms with Crippen molar-refractivity contribution in [3.8, 4) is 0 Å². The van der Waals surface area contributed by atoms with Crippen LogP contribution in [0.5, 0.6) is 0 Å². The van der Waals surface area contributed by atoms with Crippen LogP contribution in [0.1, 0.15) is 43.6 Å². The molecule has 1 heterocycles. The molecule has 0 saturated heterocycles. The van der Waals surface area contributed by atoms with E-state index in [0.717, 1.165) is 11.3 Å². The van der Waals surface area contributed by atoms with Gasteiger partial charge < -0.3 is 31.5 Å². The zero-order chi connectivity index (χ0) is 21.4. The number of halogens is 1. The Morgan fingerprint density at radius 2 is 2.24 bits per heavy atom. The van der Waals surface area contributed by atoms with Gasteiger partial charge in [-0.3, -0.25) is 0 Å². The van der Waals surface area contributed by atoms with Gasteiger partial charge in [0.15, 0.2) is 5.84 Å². The number of hydrazone groups is 1. The van der Waals surface area contributed by atoms with Crippen molar-refractivity contribution < 1.29 is 9.84 Å². The molecule has 1 aromatic heterocycles. The van der Waals surface area contributed by atoms with Crippen LogP contribution in [0.4, 0.5) is 11.5 Å². The lowest BCUT2D eigenvalue weighted by atomic mass is 9.94. The minimum absolute atomic E-state index is 0.442. The molecule has 0 aliphatic carbocycles. The third-order valence-corrected chi connectivity index (χ3v) is 5.42. The van der Waals surface area contributed by atoms with Gasteiger partial charge in [-0.05, 0) is 61.0 Å². The molecule has 0 spiro atoms. The van der Waals surface area contributed by atoms with Crippen LogP contribution in [0.25, 0.3) is 0 Å². The maximum Gasteiger partial charge on any atom is 0.156 e. The number of anilines is 2. The molecule has 156 valence electrons. The minimum atomic E-state index is -0.866. The number of ether oxygens (including phenoxy) is 1. The number of nitrogens with two attached hydrogens (primary N) is 1. The van der Waals surface area contributed by atoms with Crippen LogP contribution in [-0.2, 0) is 4.74 Å². The van der Waals surface area contributed by atoms with Crippen molar-refractivity contribution in [2.45, 2.75) is 32.5 Å². The molecule has 2 aromatic rings. The first kappa shape index (κ1) is 23.5. The number of nitrogens with one attached hydrogen (secondary N) is 3. The average Bonchev–Trinajstić information content (AvgIpc) is 2.72. The fourth-order valence-corrected chi connectivity index (χ4v) is 3.88. The van der Waals surface area contributed by atoms with Crippen LogP contribution < -0.4 is 16.2 Å². The first-order valence-electron chi connectivity index (χ1n) is 8.95. The standard InChI is InChI=1S/C19H26IN6O2P/c1-4-28-19(2,3)16(27)14-8-13(10-21)17(23-11-14)24-15-7-5-6-12(9-15)18(25-22)26-29-20/h5-11,16,21,27,29H,4,22H2,1-3H3,(H,23,24)(H,25,26). The first-order chi connectivity index (χ1) is 13.9. The summed E-state index contributed by atoms with van der Waals surface area (Å²) < 4.78 is 5.63. The summed E-state index contributed by atoms with van der Waals surface area (Å²) in [5, 5.41) is 28.5. The molecule has 0 amide bonds. The maximum absolute atomic E-state index is 10.7. The lowest BCUT2D eigenvalue weighted by Gasteiger charge is -2.30. The lowest BCUT2D eigenvalue weighted by molar-refractivity contribution is -0.0984. The lowest BCUT2D eigenvalue weighted by Crippen LogP contribution is -2.33. The van der Waals surface area contributed by atoms with Crippen molar-refractivity contribution >= 4 is 52.0 Å². The van der Waals surface area contributed by atoms with E-state index in [2.05, 4.69) is 42.5 Å². The van der Waals surface area contributed by atoms with Crippen molar-refractivity contribution in [2.75, 3.05) is 11.9 Å². The highest BCUT2D eigenvalue weighted by Crippen LogP contribution is 2.30. The number of pyridine rings is 1. The van der Waals surface area contributed by atoms with Gasteiger partial charge in [-0.1, -0.05) is 12.1 Å². The molecule has 0 radical (unpaired) electrons. The fraction of sp³-hybridized carbons (Fsp3) is 0.316. The van der Waals surface area contributed by atoms with Gasteiger partial charge in [-0.2, -0.15) is 5.10 Å². The third-order valence-electron chi connectivity index (χ3n) is 4.28. The summed E-state index contributed by atoms with van der Waals surface area (Å²) >= 11 is 2.21. The Balaban J connectivity index is 2.29. The normalized spacial score (nSPS) is 13.5. The Labute approximate surface area is 185 Å². The van der Waals surface area contributed by atoms with Crippen LogP contribution in [-0.4, -0.2) is 34.3 Å². The molecule has 29 heavy (non-hydrogen) atoms. The number of aliphatic hydroxyl groups excluding tert-OH is 1. The molecule has 8 nitrogen and oxygen atoms in total. The van der Waals surface area contributed by atoms with Crippen LogP contribution in [0.3, 0.4) is 0 Å². The summed E-state index contributed by atoms with van der Waals surface area (Å²) in [5.41, 5.74) is 2.00. The summed E-state index contributed by atoms with van der Waals surface area (Å²) in [6, 6.07) is 9.31. The molecule has 10 heteroatoms. The number of nitrogens with zero attached hydrogens (tertiary/aromatic N) is 2. The van der Waals surface area contributed by atoms with Gasteiger partial charge in [-0.15, -0.1) is 0 Å². The predicted octanol–water partition coefficient (Wildman–Crippen LogP) is 3.82. The Hall–Kier alpha value is -1.81. The Morgan fingerprint density at radius 1 is 1.48 bits per heavy atom. The summed E-state index contributed by atoms with van der Waals surface area (Å²) in [5.74, 6) is 6.58. The van der Waals surface area contributed by atoms with Gasteiger partial charge in [0.25, 0.3) is 0 Å². The molecule has 0 saturated carbocycles. The van der Waals surface area contributed by atoms with E-state index >= 15 is 0 Å². The van der Waals surface area contributed by atoms with Crippen LogP contribution >= 0.6 is 28.4 Å². The van der Waals surface area contributed by atoms with Crippen molar-refractivity contribution in [1.82, 2.24) is 10.1 Å². The van der Waals surface area contributed by atoms with Crippen molar-refractivity contribution in [3.63, 3.8) is 0 Å². The molecule has 0 aliphatic heterocycles. The number of amidine groups is 1.